The lowest BCUT2D eigenvalue weighted by Crippen LogP contribution is -2.38. The van der Waals surface area contributed by atoms with Gasteiger partial charge >= 0.3 is 6.03 Å². The number of ketones is 1. The van der Waals surface area contributed by atoms with Crippen LogP contribution in [0.3, 0.4) is 0 Å². The number of likely N-dealkylation sites (tertiary alicyclic amines) is 1. The molecule has 2 aliphatic heterocycles. The number of urea groups is 1. The summed E-state index contributed by atoms with van der Waals surface area (Å²) in [5.74, 6) is 0.271. The maximum Gasteiger partial charge on any atom is 0.316 e. The summed E-state index contributed by atoms with van der Waals surface area (Å²) in [6.45, 7) is 2.68. The van der Waals surface area contributed by atoms with Crippen LogP contribution in [0.15, 0.2) is 47.9 Å². The van der Waals surface area contributed by atoms with Gasteiger partial charge in [0.25, 0.3) is 0 Å². The minimum atomic E-state index is -0.817. The van der Waals surface area contributed by atoms with Gasteiger partial charge in [0, 0.05) is 35.2 Å². The highest BCUT2D eigenvalue weighted by Crippen LogP contribution is 2.35. The summed E-state index contributed by atoms with van der Waals surface area (Å²) < 4.78 is 11.7. The van der Waals surface area contributed by atoms with E-state index in [1.165, 1.54) is 18.6 Å². The van der Waals surface area contributed by atoms with Crippen molar-refractivity contribution < 1.29 is 24.2 Å². The quantitative estimate of drug-likeness (QED) is 0.455. The molecule has 1 atom stereocenters. The molecule has 1 fully saturated rings. The molecular weight excluding hydrogens is 493 g/mol. The van der Waals surface area contributed by atoms with Crippen molar-refractivity contribution in [2.24, 2.45) is 5.73 Å². The number of nitrogens with one attached hydrogen (secondary N) is 1. The Morgan fingerprint density at radius 1 is 1.14 bits per heavy atom. The first-order valence-electron chi connectivity index (χ1n) is 11.4. The van der Waals surface area contributed by atoms with Gasteiger partial charge in [-0.25, -0.2) is 4.79 Å². The number of piperidine rings is 1. The van der Waals surface area contributed by atoms with Crippen LogP contribution in [0, 0.1) is 0 Å². The van der Waals surface area contributed by atoms with E-state index in [1.54, 1.807) is 24.3 Å². The lowest BCUT2D eigenvalue weighted by Gasteiger charge is -2.28. The van der Waals surface area contributed by atoms with Crippen LogP contribution >= 0.6 is 23.2 Å². The second kappa shape index (κ2) is 11.3. The molecule has 1 unspecified atom stereocenters. The second-order valence-corrected chi connectivity index (χ2v) is 9.47. The summed E-state index contributed by atoms with van der Waals surface area (Å²) >= 11 is 12.2. The molecule has 8 nitrogen and oxygen atoms in total. The molecule has 0 aliphatic carbocycles. The number of carbonyl (C=O) groups is 2. The van der Waals surface area contributed by atoms with Gasteiger partial charge in [-0.3, -0.25) is 4.79 Å². The Morgan fingerprint density at radius 3 is 2.63 bits per heavy atom. The first kappa shape index (κ1) is 25.3. The van der Waals surface area contributed by atoms with Crippen LogP contribution < -0.4 is 20.5 Å². The Bertz CT molecular complexity index is 1150. The van der Waals surface area contributed by atoms with Gasteiger partial charge in [0.1, 0.15) is 24.2 Å². The zero-order chi connectivity index (χ0) is 24.9. The molecule has 35 heavy (non-hydrogen) atoms. The summed E-state index contributed by atoms with van der Waals surface area (Å²) in [5.41, 5.74) is 6.44. The molecule has 0 radical (unpaired) electrons. The fourth-order valence-corrected chi connectivity index (χ4v) is 4.72. The maximum atomic E-state index is 13.3. The molecule has 0 spiro atoms. The third kappa shape index (κ3) is 6.46. The number of allylic oxidation sites excluding steroid dienone is 2. The van der Waals surface area contributed by atoms with Crippen molar-refractivity contribution in [2.45, 2.75) is 31.8 Å². The average Bonchev–Trinajstić information content (AvgIpc) is 2.82. The Morgan fingerprint density at radius 2 is 1.91 bits per heavy atom. The van der Waals surface area contributed by atoms with Crippen LogP contribution in [0.5, 0.6) is 11.5 Å². The van der Waals surface area contributed by atoms with Crippen LogP contribution in [0.2, 0.25) is 10.0 Å². The van der Waals surface area contributed by atoms with Gasteiger partial charge in [0.2, 0.25) is 5.78 Å². The topological polar surface area (TPSA) is 114 Å². The SMILES string of the molecule is NC(=O)NC1=C(C(=O)c2ccc(Cl)cc2Cl)Oc2cc(OCC(O)CN3CCCCC3)ccc2C1. The van der Waals surface area contributed by atoms with E-state index >= 15 is 0 Å². The number of Topliss-reactive ketones (excluding diaryl/α,β-unsaturated/α-hetero) is 1. The van der Waals surface area contributed by atoms with Crippen LogP contribution in [-0.4, -0.2) is 54.2 Å². The summed E-state index contributed by atoms with van der Waals surface area (Å²) in [7, 11) is 0. The molecule has 2 aromatic rings. The zero-order valence-electron chi connectivity index (χ0n) is 19.1. The summed E-state index contributed by atoms with van der Waals surface area (Å²) in [4.78, 5) is 27.1. The van der Waals surface area contributed by atoms with Gasteiger partial charge < -0.3 is 30.5 Å². The minimum absolute atomic E-state index is 0.0946. The van der Waals surface area contributed by atoms with E-state index in [0.717, 1.165) is 31.5 Å². The number of aliphatic hydroxyl groups is 1. The lowest BCUT2D eigenvalue weighted by atomic mass is 10.0. The van der Waals surface area contributed by atoms with Crippen molar-refractivity contribution in [1.82, 2.24) is 10.2 Å². The molecule has 2 heterocycles. The molecular formula is C25H27Cl2N3O5. The number of rotatable bonds is 8. The van der Waals surface area contributed by atoms with E-state index in [2.05, 4.69) is 10.2 Å². The highest BCUT2D eigenvalue weighted by atomic mass is 35.5. The molecule has 2 aliphatic rings. The number of ether oxygens (including phenoxy) is 2. The number of hydrogen-bond donors (Lipinski definition) is 3. The number of halogens is 2. The number of benzene rings is 2. The Kier molecular flexibility index (Phi) is 8.18. The van der Waals surface area contributed by atoms with Gasteiger partial charge in [-0.15, -0.1) is 0 Å². The number of β-amino-alcohol motifs (C(OH)–C–C–N with tert-alkyl or cyclic N) is 1. The molecule has 0 saturated carbocycles. The molecule has 10 heteroatoms. The van der Waals surface area contributed by atoms with Crippen LogP contribution in [0.25, 0.3) is 0 Å². The predicted octanol–water partition coefficient (Wildman–Crippen LogP) is 3.92. The lowest BCUT2D eigenvalue weighted by molar-refractivity contribution is 0.0616. The maximum absolute atomic E-state index is 13.3. The largest absolute Gasteiger partial charge is 0.491 e. The first-order chi connectivity index (χ1) is 16.8. The standard InChI is InChI=1S/C25H27Cl2N3O5/c26-16-5-7-19(20(27)11-16)23(32)24-21(29-25(28)33)10-15-4-6-18(12-22(15)35-24)34-14-17(31)13-30-8-2-1-3-9-30/h4-7,11-12,17,31H,1-3,8-10,13-14H2,(H3,28,29,33). The third-order valence-corrected chi connectivity index (χ3v) is 6.46. The highest BCUT2D eigenvalue weighted by molar-refractivity contribution is 6.37. The summed E-state index contributed by atoms with van der Waals surface area (Å²) in [6, 6.07) is 8.85. The van der Waals surface area contributed by atoms with Gasteiger partial charge in [-0.05, 0) is 50.2 Å². The molecule has 4 rings (SSSR count). The first-order valence-corrected chi connectivity index (χ1v) is 12.2. The van der Waals surface area contributed by atoms with Gasteiger partial charge in [0.05, 0.1) is 10.7 Å². The van der Waals surface area contributed by atoms with Crippen molar-refractivity contribution in [2.75, 3.05) is 26.2 Å². The van der Waals surface area contributed by atoms with Gasteiger partial charge in [-0.1, -0.05) is 35.7 Å². The second-order valence-electron chi connectivity index (χ2n) is 8.62. The average molecular weight is 520 g/mol. The van der Waals surface area contributed by atoms with Crippen molar-refractivity contribution in [1.29, 1.82) is 0 Å². The fraction of sp³-hybridized carbons (Fsp3) is 0.360. The summed E-state index contributed by atoms with van der Waals surface area (Å²) in [5, 5.41) is 13.4. The number of nitrogens with zero attached hydrogens (tertiary/aromatic N) is 1. The van der Waals surface area contributed by atoms with Crippen molar-refractivity contribution in [3.8, 4) is 11.5 Å². The number of hydrogen-bond acceptors (Lipinski definition) is 6. The van der Waals surface area contributed by atoms with E-state index in [0.29, 0.717) is 23.1 Å². The Balaban J connectivity index is 1.49. The number of amides is 2. The van der Waals surface area contributed by atoms with Gasteiger partial charge in [-0.2, -0.15) is 0 Å². The van der Waals surface area contributed by atoms with Crippen LogP contribution in [-0.2, 0) is 6.42 Å². The van der Waals surface area contributed by atoms with E-state index in [-0.39, 0.29) is 35.1 Å². The van der Waals surface area contributed by atoms with E-state index in [9.17, 15) is 14.7 Å². The van der Waals surface area contributed by atoms with Crippen molar-refractivity contribution in [3.05, 3.63) is 69.0 Å². The van der Waals surface area contributed by atoms with Crippen molar-refractivity contribution >= 4 is 35.0 Å². The normalized spacial score (nSPS) is 16.8. The predicted molar refractivity (Wildman–Crippen MR) is 133 cm³/mol. The van der Waals surface area contributed by atoms with E-state index in [4.69, 9.17) is 38.4 Å². The molecule has 0 bridgehead atoms. The van der Waals surface area contributed by atoms with Gasteiger partial charge in [0.15, 0.2) is 5.76 Å². The smallest absolute Gasteiger partial charge is 0.316 e. The molecule has 2 amide bonds. The number of nitrogens with two attached hydrogens (primary N) is 1. The zero-order valence-corrected chi connectivity index (χ0v) is 20.6. The minimum Gasteiger partial charge on any atom is -0.491 e. The molecule has 186 valence electrons. The number of fused-ring (bicyclic) bond motifs is 1. The Hall–Kier alpha value is -2.78. The van der Waals surface area contributed by atoms with E-state index < -0.39 is 17.9 Å². The summed E-state index contributed by atoms with van der Waals surface area (Å²) in [6.07, 6.45) is 3.12. The Labute approximate surface area is 213 Å². The third-order valence-electron chi connectivity index (χ3n) is 5.91. The highest BCUT2D eigenvalue weighted by Gasteiger charge is 2.28. The molecule has 1 saturated heterocycles. The van der Waals surface area contributed by atoms with E-state index in [1.807, 2.05) is 0 Å². The number of carbonyl (C=O) groups excluding carboxylic acids is 2. The molecule has 2 aromatic carbocycles. The van der Waals surface area contributed by atoms with Crippen molar-refractivity contribution in [3.63, 3.8) is 0 Å². The van der Waals surface area contributed by atoms with Crippen LogP contribution in [0.1, 0.15) is 35.2 Å². The number of primary amides is 1. The van der Waals surface area contributed by atoms with Crippen LogP contribution in [0.4, 0.5) is 4.79 Å². The monoisotopic (exact) mass is 519 g/mol. The molecule has 0 aromatic heterocycles. The molecule has 4 N–H and O–H groups in total. The fourth-order valence-electron chi connectivity index (χ4n) is 4.22. The number of aliphatic hydroxyl groups excluding tert-OH is 1.